The smallest absolute Gasteiger partial charge is 0.333 e. The average Bonchev–Trinajstić information content (AvgIpc) is 2.50. The van der Waals surface area contributed by atoms with Gasteiger partial charge in [0.25, 0.3) is 5.91 Å². The molecule has 0 aromatic rings. The van der Waals surface area contributed by atoms with Gasteiger partial charge in [-0.05, 0) is 0 Å². The lowest BCUT2D eigenvalue weighted by Crippen LogP contribution is -2.59. The summed E-state index contributed by atoms with van der Waals surface area (Å²) in [5, 5.41) is 10.8. The van der Waals surface area contributed by atoms with Crippen molar-refractivity contribution >= 4 is 29.8 Å². The van der Waals surface area contributed by atoms with Crippen LogP contribution in [0.2, 0.25) is 0 Å². The van der Waals surface area contributed by atoms with Crippen LogP contribution in [0.1, 0.15) is 6.42 Å². The molecule has 128 valence electrons. The lowest BCUT2D eigenvalue weighted by Gasteiger charge is -2.14. The van der Waals surface area contributed by atoms with Gasteiger partial charge in [-0.1, -0.05) is 0 Å². The number of hydrogen-bond donors (Lipinski definition) is 3. The molecule has 0 unspecified atom stereocenters. The van der Waals surface area contributed by atoms with Gasteiger partial charge in [0, 0.05) is 12.2 Å². The summed E-state index contributed by atoms with van der Waals surface area (Å²) in [6.07, 6.45) is 0.839. The van der Waals surface area contributed by atoms with Gasteiger partial charge in [-0.3, -0.25) is 9.59 Å². The largest absolute Gasteiger partial charge is 0.481 e. The van der Waals surface area contributed by atoms with Crippen molar-refractivity contribution in [2.24, 2.45) is 0 Å². The molecule has 0 aliphatic carbocycles. The van der Waals surface area contributed by atoms with Crippen molar-refractivity contribution in [3.05, 3.63) is 12.2 Å². The van der Waals surface area contributed by atoms with Crippen LogP contribution in [0.3, 0.4) is 0 Å². The van der Waals surface area contributed by atoms with E-state index >= 15 is 0 Å². The van der Waals surface area contributed by atoms with E-state index in [0.717, 1.165) is 19.3 Å². The van der Waals surface area contributed by atoms with Crippen LogP contribution in [0.15, 0.2) is 12.2 Å². The Balaban J connectivity index is 4.38. The van der Waals surface area contributed by atoms with E-state index in [9.17, 15) is 24.0 Å². The van der Waals surface area contributed by atoms with Gasteiger partial charge in [0.2, 0.25) is 6.79 Å². The van der Waals surface area contributed by atoms with E-state index in [0.29, 0.717) is 0 Å². The maximum atomic E-state index is 11.6. The van der Waals surface area contributed by atoms with Crippen molar-refractivity contribution in [1.29, 1.82) is 0 Å². The predicted molar refractivity (Wildman–Crippen MR) is 70.1 cm³/mol. The Hall–Kier alpha value is -2.95. The first-order chi connectivity index (χ1) is 10.8. The summed E-state index contributed by atoms with van der Waals surface area (Å²) >= 11 is 0. The first-order valence-electron chi connectivity index (χ1n) is 6.20. The Bertz CT molecular complexity index is 501. The number of hydrogen-bond acceptors (Lipinski definition) is 8. The van der Waals surface area contributed by atoms with Gasteiger partial charge in [-0.2, -0.15) is 0 Å². The standard InChI is InChI=1S/C12H16N2O9/c1-21-10(18)2-3-11(19)22-6-23-12(20)7(4-9(16)17)14-8(15)5-13/h2-3,7H,4-6,13H2,1H3,(H,14,15)(H,16,17)/p+1/b3-2+/t7-/m0/s1. The molecule has 23 heavy (non-hydrogen) atoms. The van der Waals surface area contributed by atoms with Gasteiger partial charge >= 0.3 is 23.9 Å². The number of carbonyl (C=O) groups is 5. The van der Waals surface area contributed by atoms with Gasteiger partial charge in [-0.15, -0.1) is 0 Å². The van der Waals surface area contributed by atoms with E-state index in [1.54, 1.807) is 0 Å². The zero-order valence-corrected chi connectivity index (χ0v) is 12.3. The molecule has 0 saturated heterocycles. The van der Waals surface area contributed by atoms with Crippen LogP contribution in [0, 0.1) is 0 Å². The summed E-state index contributed by atoms with van der Waals surface area (Å²) in [5.41, 5.74) is 3.28. The molecule has 11 heteroatoms. The average molecular weight is 333 g/mol. The first kappa shape index (κ1) is 20.1. The Morgan fingerprint density at radius 1 is 1.13 bits per heavy atom. The predicted octanol–water partition coefficient (Wildman–Crippen LogP) is -3.04. The normalized spacial score (nSPS) is 11.4. The number of rotatable bonds is 9. The SMILES string of the molecule is COC(=O)/C=C/C(=O)OCOC(=O)[C@H](CC(=O)O)NC(=O)C[NH3+]. The maximum absolute atomic E-state index is 11.6. The number of aliphatic carboxylic acids is 1. The summed E-state index contributed by atoms with van der Waals surface area (Å²) < 4.78 is 13.2. The second kappa shape index (κ2) is 10.7. The Labute approximate surface area is 130 Å². The number of methoxy groups -OCH3 is 1. The quantitative estimate of drug-likeness (QED) is 0.225. The van der Waals surface area contributed by atoms with E-state index in [2.05, 4.69) is 25.3 Å². The number of carboxylic acid groups (broad SMARTS) is 1. The van der Waals surface area contributed by atoms with Gasteiger partial charge in [0.15, 0.2) is 6.54 Å². The summed E-state index contributed by atoms with van der Waals surface area (Å²) in [7, 11) is 1.11. The van der Waals surface area contributed by atoms with Gasteiger partial charge in [0.1, 0.15) is 6.04 Å². The second-order valence-corrected chi connectivity index (χ2v) is 3.87. The van der Waals surface area contributed by atoms with Gasteiger partial charge in [-0.25, -0.2) is 14.4 Å². The number of carboxylic acids is 1. The molecule has 0 aliphatic heterocycles. The topological polar surface area (TPSA) is 173 Å². The van der Waals surface area contributed by atoms with Crippen molar-refractivity contribution in [1.82, 2.24) is 5.32 Å². The van der Waals surface area contributed by atoms with Crippen LogP contribution in [0.5, 0.6) is 0 Å². The van der Waals surface area contributed by atoms with E-state index in [4.69, 9.17) is 5.11 Å². The molecule has 5 N–H and O–H groups in total. The number of amides is 1. The molecule has 0 heterocycles. The van der Waals surface area contributed by atoms with E-state index in [1.807, 2.05) is 0 Å². The lowest BCUT2D eigenvalue weighted by molar-refractivity contribution is -0.355. The van der Waals surface area contributed by atoms with Gasteiger partial charge in [0.05, 0.1) is 13.5 Å². The summed E-state index contributed by atoms with van der Waals surface area (Å²) in [5.74, 6) is -4.85. The number of esters is 3. The minimum atomic E-state index is -1.44. The monoisotopic (exact) mass is 333 g/mol. The van der Waals surface area contributed by atoms with Crippen LogP contribution < -0.4 is 11.1 Å². The van der Waals surface area contributed by atoms with Crippen LogP contribution in [-0.4, -0.2) is 61.4 Å². The number of ether oxygens (including phenoxy) is 3. The van der Waals surface area contributed by atoms with Crippen molar-refractivity contribution in [2.45, 2.75) is 12.5 Å². The summed E-state index contributed by atoms with van der Waals surface area (Å²) in [6, 6.07) is -1.44. The highest BCUT2D eigenvalue weighted by molar-refractivity contribution is 5.91. The molecule has 0 aromatic carbocycles. The van der Waals surface area contributed by atoms with Crippen molar-refractivity contribution < 1.29 is 49.0 Å². The molecule has 0 saturated carbocycles. The summed E-state index contributed by atoms with van der Waals surface area (Å²) in [4.78, 5) is 55.3. The Morgan fingerprint density at radius 3 is 2.26 bits per heavy atom. The molecule has 0 aromatic heterocycles. The van der Waals surface area contributed by atoms with Crippen LogP contribution >= 0.6 is 0 Å². The molecule has 0 bridgehead atoms. The molecular weight excluding hydrogens is 316 g/mol. The van der Waals surface area contributed by atoms with Crippen LogP contribution in [0.25, 0.3) is 0 Å². The fraction of sp³-hybridized carbons (Fsp3) is 0.417. The van der Waals surface area contributed by atoms with E-state index < -0.39 is 49.0 Å². The Kier molecular flexibility index (Phi) is 9.35. The highest BCUT2D eigenvalue weighted by Crippen LogP contribution is 1.97. The third-order valence-electron chi connectivity index (χ3n) is 2.18. The van der Waals surface area contributed by atoms with Crippen molar-refractivity contribution in [2.75, 3.05) is 20.4 Å². The highest BCUT2D eigenvalue weighted by atomic mass is 16.7. The van der Waals surface area contributed by atoms with Crippen LogP contribution in [0.4, 0.5) is 0 Å². The molecule has 1 amide bonds. The minimum absolute atomic E-state index is 0.198. The highest BCUT2D eigenvalue weighted by Gasteiger charge is 2.25. The van der Waals surface area contributed by atoms with E-state index in [1.165, 1.54) is 0 Å². The van der Waals surface area contributed by atoms with Crippen LogP contribution in [-0.2, 0) is 38.2 Å². The van der Waals surface area contributed by atoms with Gasteiger partial charge < -0.3 is 30.4 Å². The zero-order valence-electron chi connectivity index (χ0n) is 12.3. The Morgan fingerprint density at radius 2 is 1.74 bits per heavy atom. The van der Waals surface area contributed by atoms with E-state index in [-0.39, 0.29) is 6.54 Å². The minimum Gasteiger partial charge on any atom is -0.481 e. The number of quaternary nitrogens is 1. The molecule has 11 nitrogen and oxygen atoms in total. The molecule has 0 spiro atoms. The first-order valence-corrected chi connectivity index (χ1v) is 6.20. The fourth-order valence-electron chi connectivity index (χ4n) is 1.13. The summed E-state index contributed by atoms with van der Waals surface area (Å²) in [6.45, 7) is -1.02. The lowest BCUT2D eigenvalue weighted by atomic mass is 10.2. The fourth-order valence-corrected chi connectivity index (χ4v) is 1.13. The molecular formula is C12H17N2O9+. The molecule has 1 atom stereocenters. The zero-order chi connectivity index (χ0) is 17.8. The molecule has 0 radical (unpaired) electrons. The van der Waals surface area contributed by atoms with Crippen molar-refractivity contribution in [3.8, 4) is 0 Å². The number of nitrogens with one attached hydrogen (secondary N) is 1. The third-order valence-corrected chi connectivity index (χ3v) is 2.18. The third kappa shape index (κ3) is 9.57. The molecule has 0 aliphatic rings. The number of carbonyl (C=O) groups excluding carboxylic acids is 4. The van der Waals surface area contributed by atoms with Crippen molar-refractivity contribution in [3.63, 3.8) is 0 Å². The molecule has 0 fully saturated rings. The molecule has 0 rings (SSSR count). The maximum Gasteiger partial charge on any atom is 0.333 e. The second-order valence-electron chi connectivity index (χ2n) is 3.87.